The maximum absolute atomic E-state index is 13.4. The molecule has 1 aromatic carbocycles. The average molecular weight is 462 g/mol. The molecule has 0 saturated carbocycles. The second-order valence-corrected chi connectivity index (χ2v) is 8.18. The number of hydrogen-bond donors (Lipinski definition) is 3. The van der Waals surface area contributed by atoms with Crippen LogP contribution in [0, 0.1) is 18.3 Å². The lowest BCUT2D eigenvalue weighted by atomic mass is 10.0. The Bertz CT molecular complexity index is 1250. The summed E-state index contributed by atoms with van der Waals surface area (Å²) < 4.78 is 34.8. The number of halogens is 3. The number of benzene rings is 1. The van der Waals surface area contributed by atoms with Crippen LogP contribution in [0.4, 0.5) is 14.6 Å². The summed E-state index contributed by atoms with van der Waals surface area (Å²) in [4.78, 5) is 21.9. The van der Waals surface area contributed by atoms with Crippen molar-refractivity contribution in [3.63, 3.8) is 0 Å². The Kier molecular flexibility index (Phi) is 5.06. The number of nitriles is 1. The van der Waals surface area contributed by atoms with Crippen molar-refractivity contribution in [2.45, 2.75) is 31.9 Å². The quantitative estimate of drug-likeness (QED) is 0.582. The first-order valence-electron chi connectivity index (χ1n) is 10.2. The molecule has 0 spiro atoms. The zero-order chi connectivity index (χ0) is 24.1. The fourth-order valence-corrected chi connectivity index (χ4v) is 3.90. The van der Waals surface area contributed by atoms with Crippen LogP contribution in [0.25, 0.3) is 11.0 Å². The van der Waals surface area contributed by atoms with Crippen LogP contribution in [0.15, 0.2) is 35.1 Å². The molecule has 1 unspecified atom stereocenters. The summed E-state index contributed by atoms with van der Waals surface area (Å²) in [5.74, 6) is -4.01. The first-order chi connectivity index (χ1) is 15.5. The first kappa shape index (κ1) is 20.5. The fraction of sp³-hybridized carbons (Fsp3) is 0.333. The molecule has 2 aliphatic heterocycles. The number of fused-ring (bicyclic) bond motifs is 1. The van der Waals surface area contributed by atoms with E-state index in [2.05, 4.69) is 15.3 Å². The van der Waals surface area contributed by atoms with Gasteiger partial charge in [0.2, 0.25) is 0 Å². The van der Waals surface area contributed by atoms with Gasteiger partial charge < -0.3 is 20.6 Å². The number of alkyl halides is 2. The molecular weight excluding hydrogens is 442 g/mol. The monoisotopic (exact) mass is 461 g/mol. The third-order valence-corrected chi connectivity index (χ3v) is 5.43. The molecule has 3 N–H and O–H groups in total. The minimum absolute atomic E-state index is 0.0347. The van der Waals surface area contributed by atoms with Gasteiger partial charge in [-0.05, 0) is 37.6 Å². The van der Waals surface area contributed by atoms with Gasteiger partial charge in [-0.25, -0.2) is 23.5 Å². The van der Waals surface area contributed by atoms with E-state index in [1.807, 2.05) is 19.1 Å². The highest BCUT2D eigenvalue weighted by Crippen LogP contribution is 2.34. The van der Waals surface area contributed by atoms with Crippen LogP contribution < -0.4 is 15.5 Å². The smallest absolute Gasteiger partial charge is 0.332 e. The predicted octanol–water partition coefficient (Wildman–Crippen LogP) is 2.94. The third kappa shape index (κ3) is 4.03. The number of anilines is 1. The number of aryl methyl sites for hydroxylation is 1. The Balaban J connectivity index is 1.75. The number of nitrogens with one attached hydrogen (secondary N) is 2. The van der Waals surface area contributed by atoms with Crippen LogP contribution in [-0.4, -0.2) is 46.1 Å². The first-order valence-corrected chi connectivity index (χ1v) is 10.1. The molecule has 3 heterocycles. The van der Waals surface area contributed by atoms with E-state index in [1.54, 1.807) is 13.0 Å². The SMILES string of the molecule is [2H]N1C(Cl)=CC=C(NC(C)c2cc(C)cc3nc(C#N)c(N4CC(F)(F)C4)nc23)[C@@H]1C(=O)O. The van der Waals surface area contributed by atoms with Crippen molar-refractivity contribution < 1.29 is 20.1 Å². The average Bonchev–Trinajstić information content (AvgIpc) is 2.72. The molecule has 1 aromatic heterocycles. The van der Waals surface area contributed by atoms with Gasteiger partial charge in [-0.15, -0.1) is 0 Å². The summed E-state index contributed by atoms with van der Waals surface area (Å²) in [6.45, 7) is 2.52. The fourth-order valence-electron chi connectivity index (χ4n) is 3.74. The van der Waals surface area contributed by atoms with Crippen LogP contribution >= 0.6 is 11.6 Å². The Hall–Kier alpha value is -3.45. The number of aromatic nitrogens is 2. The van der Waals surface area contributed by atoms with Crippen molar-refractivity contribution in [2.24, 2.45) is 0 Å². The molecular formula is C21H19ClF2N6O2. The molecule has 4 rings (SSSR count). The Labute approximate surface area is 188 Å². The number of rotatable bonds is 5. The van der Waals surface area contributed by atoms with E-state index in [-0.39, 0.29) is 22.4 Å². The summed E-state index contributed by atoms with van der Waals surface area (Å²) >= 11 is 5.90. The molecule has 2 atom stereocenters. The minimum atomic E-state index is -2.84. The topological polar surface area (TPSA) is 114 Å². The van der Waals surface area contributed by atoms with Gasteiger partial charge in [0.05, 0.1) is 30.2 Å². The third-order valence-electron chi connectivity index (χ3n) is 5.21. The van der Waals surface area contributed by atoms with Gasteiger partial charge in [0.1, 0.15) is 11.2 Å². The summed E-state index contributed by atoms with van der Waals surface area (Å²) in [6.07, 6.45) is 2.91. The highest BCUT2D eigenvalue weighted by Gasteiger charge is 2.45. The minimum Gasteiger partial charge on any atom is -0.479 e. The molecule has 1 fully saturated rings. The highest BCUT2D eigenvalue weighted by atomic mass is 35.5. The summed E-state index contributed by atoms with van der Waals surface area (Å²) in [7, 11) is 0. The van der Waals surface area contributed by atoms with E-state index in [4.69, 9.17) is 13.0 Å². The van der Waals surface area contributed by atoms with Gasteiger partial charge in [0, 0.05) is 11.3 Å². The Morgan fingerprint density at radius 1 is 1.47 bits per heavy atom. The van der Waals surface area contributed by atoms with Gasteiger partial charge in [-0.3, -0.25) is 0 Å². The number of carboxylic acids is 1. The maximum Gasteiger partial charge on any atom is 0.332 e. The van der Waals surface area contributed by atoms with Gasteiger partial charge in [0.25, 0.3) is 5.92 Å². The molecule has 1 saturated heterocycles. The number of dihydropyridines is 1. The standard InChI is InChI=1S/C21H19ClF2N6O2/c1-10-5-12(11(2)26-13-3-4-16(22)28-18(13)20(31)32)17-14(6-10)27-15(7-25)19(29-17)30-8-21(23,24)9-30/h3-6,11,18,26,28H,8-9H2,1-2H3,(H,31,32)/t11?,18-/m1/s1/i/hD. The molecule has 0 bridgehead atoms. The van der Waals surface area contributed by atoms with Crippen molar-refractivity contribution in [1.82, 2.24) is 20.6 Å². The second-order valence-electron chi connectivity index (χ2n) is 7.79. The lowest BCUT2D eigenvalue weighted by Gasteiger charge is -2.39. The second kappa shape index (κ2) is 7.91. The van der Waals surface area contributed by atoms with Gasteiger partial charge in [0.15, 0.2) is 19.0 Å². The number of carboxylic acid groups (broad SMARTS) is 1. The molecule has 166 valence electrons. The lowest BCUT2D eigenvalue weighted by molar-refractivity contribution is -0.138. The van der Waals surface area contributed by atoms with Crippen LogP contribution in [0.2, 0.25) is 1.41 Å². The van der Waals surface area contributed by atoms with Crippen molar-refractivity contribution in [1.29, 1.82) is 5.26 Å². The molecule has 0 amide bonds. The molecule has 0 aliphatic carbocycles. The van der Waals surface area contributed by atoms with Gasteiger partial charge >= 0.3 is 5.97 Å². The van der Waals surface area contributed by atoms with Crippen molar-refractivity contribution in [3.8, 4) is 6.07 Å². The van der Waals surface area contributed by atoms with E-state index in [0.717, 1.165) is 5.56 Å². The lowest BCUT2D eigenvalue weighted by Crippen LogP contribution is -2.57. The van der Waals surface area contributed by atoms with E-state index in [1.165, 1.54) is 17.1 Å². The summed E-state index contributed by atoms with van der Waals surface area (Å²) in [5.41, 5.74) is 2.49. The maximum atomic E-state index is 13.4. The summed E-state index contributed by atoms with van der Waals surface area (Å²) in [6, 6.07) is 3.67. The zero-order valence-corrected chi connectivity index (χ0v) is 17.9. The van der Waals surface area contributed by atoms with Crippen LogP contribution in [0.5, 0.6) is 0 Å². The number of allylic oxidation sites excluding steroid dienone is 2. The number of nitrogens with zero attached hydrogens (tertiary/aromatic N) is 4. The van der Waals surface area contributed by atoms with Crippen molar-refractivity contribution in [3.05, 3.63) is 52.0 Å². The van der Waals surface area contributed by atoms with Gasteiger partial charge in [-0.1, -0.05) is 17.7 Å². The van der Waals surface area contributed by atoms with Crippen LogP contribution in [0.3, 0.4) is 0 Å². The van der Waals surface area contributed by atoms with Gasteiger partial charge in [-0.2, -0.15) is 5.26 Å². The Morgan fingerprint density at radius 3 is 2.81 bits per heavy atom. The highest BCUT2D eigenvalue weighted by molar-refractivity contribution is 6.29. The van der Waals surface area contributed by atoms with Crippen LogP contribution in [-0.2, 0) is 4.79 Å². The normalized spacial score (nSPS) is 21.1. The predicted molar refractivity (Wildman–Crippen MR) is 114 cm³/mol. The molecule has 8 nitrogen and oxygen atoms in total. The van der Waals surface area contributed by atoms with E-state index in [9.17, 15) is 23.9 Å². The number of carbonyl (C=O) groups is 1. The largest absolute Gasteiger partial charge is 0.479 e. The van der Waals surface area contributed by atoms with Crippen LogP contribution in [0.1, 0.15) is 29.8 Å². The zero-order valence-electron chi connectivity index (χ0n) is 18.1. The van der Waals surface area contributed by atoms with E-state index in [0.29, 0.717) is 21.9 Å². The molecule has 2 aromatic rings. The molecule has 11 heteroatoms. The van der Waals surface area contributed by atoms with E-state index >= 15 is 0 Å². The van der Waals surface area contributed by atoms with Crippen molar-refractivity contribution in [2.75, 3.05) is 18.0 Å². The molecule has 0 radical (unpaired) electrons. The molecule has 32 heavy (non-hydrogen) atoms. The number of hydrogen-bond acceptors (Lipinski definition) is 7. The van der Waals surface area contributed by atoms with Crippen molar-refractivity contribution >= 4 is 34.4 Å². The number of aliphatic carboxylic acids is 1. The molecule has 2 aliphatic rings. The van der Waals surface area contributed by atoms with E-state index < -0.39 is 37.1 Å². The summed E-state index contributed by atoms with van der Waals surface area (Å²) in [5, 5.41) is 22.8. The Morgan fingerprint density at radius 2 is 2.19 bits per heavy atom.